The van der Waals surface area contributed by atoms with Crippen molar-refractivity contribution < 1.29 is 9.53 Å². The quantitative estimate of drug-likeness (QED) is 0.901. The molecule has 1 fully saturated rings. The van der Waals surface area contributed by atoms with E-state index in [1.807, 2.05) is 42.7 Å². The first kappa shape index (κ1) is 17.6. The summed E-state index contributed by atoms with van der Waals surface area (Å²) in [5.41, 5.74) is 0.587. The Bertz CT molecular complexity index is 521. The molecule has 1 saturated heterocycles. The number of amides is 1. The van der Waals surface area contributed by atoms with E-state index in [-0.39, 0.29) is 18.2 Å². The smallest absolute Gasteiger partial charge is 0.410 e. The van der Waals surface area contributed by atoms with Crippen LogP contribution in [0.2, 0.25) is 0 Å². The van der Waals surface area contributed by atoms with Crippen LogP contribution in [-0.2, 0) is 11.3 Å². The first-order valence-corrected chi connectivity index (χ1v) is 8.57. The van der Waals surface area contributed by atoms with Crippen molar-refractivity contribution in [3.63, 3.8) is 0 Å². The lowest BCUT2D eigenvalue weighted by molar-refractivity contribution is 0.0218. The third-order valence-electron chi connectivity index (χ3n) is 4.00. The number of hydrogen-bond acceptors (Lipinski definition) is 4. The van der Waals surface area contributed by atoms with Gasteiger partial charge in [0.25, 0.3) is 0 Å². The van der Waals surface area contributed by atoms with E-state index in [9.17, 15) is 4.79 Å². The maximum Gasteiger partial charge on any atom is 0.410 e. The van der Waals surface area contributed by atoms with Gasteiger partial charge in [-0.1, -0.05) is 0 Å². The lowest BCUT2D eigenvalue weighted by atomic mass is 10.1. The molecule has 1 amide bonds. The van der Waals surface area contributed by atoms with Crippen molar-refractivity contribution in [2.45, 2.75) is 78.1 Å². The van der Waals surface area contributed by atoms with E-state index in [2.05, 4.69) is 24.3 Å². The molecule has 1 aliphatic heterocycles. The number of nitrogens with zero attached hydrogens (tertiary/aromatic N) is 3. The van der Waals surface area contributed by atoms with E-state index >= 15 is 0 Å². The Hall–Kier alpha value is -1.72. The molecule has 2 atom stereocenters. The zero-order valence-corrected chi connectivity index (χ0v) is 15.0. The van der Waals surface area contributed by atoms with Crippen LogP contribution in [0.5, 0.6) is 0 Å². The molecule has 23 heavy (non-hydrogen) atoms. The van der Waals surface area contributed by atoms with Gasteiger partial charge < -0.3 is 15.0 Å². The van der Waals surface area contributed by atoms with E-state index in [0.29, 0.717) is 0 Å². The first-order valence-electron chi connectivity index (χ1n) is 8.57. The zero-order valence-electron chi connectivity index (χ0n) is 15.0. The van der Waals surface area contributed by atoms with Gasteiger partial charge in [0, 0.05) is 31.4 Å². The maximum absolute atomic E-state index is 12.3. The van der Waals surface area contributed by atoms with Crippen LogP contribution in [-0.4, -0.2) is 45.0 Å². The van der Waals surface area contributed by atoms with Crippen LogP contribution in [0.25, 0.3) is 0 Å². The van der Waals surface area contributed by atoms with Crippen LogP contribution in [0.3, 0.4) is 0 Å². The molecular formula is C17H30N4O2. The molecule has 1 aromatic rings. The summed E-state index contributed by atoms with van der Waals surface area (Å²) in [6, 6.07) is 0.520. The van der Waals surface area contributed by atoms with Crippen LogP contribution < -0.4 is 5.32 Å². The molecule has 0 bridgehead atoms. The van der Waals surface area contributed by atoms with Gasteiger partial charge in [-0.05, 0) is 53.9 Å². The summed E-state index contributed by atoms with van der Waals surface area (Å²) in [4.78, 5) is 14.2. The summed E-state index contributed by atoms with van der Waals surface area (Å²) in [6.45, 7) is 11.6. The first-order chi connectivity index (χ1) is 10.8. The fraction of sp³-hybridized carbons (Fsp3) is 0.765. The summed E-state index contributed by atoms with van der Waals surface area (Å²) in [5, 5.41) is 7.74. The fourth-order valence-electron chi connectivity index (χ4n) is 3.00. The monoisotopic (exact) mass is 322 g/mol. The minimum absolute atomic E-state index is 0.189. The number of aromatic nitrogens is 2. The highest BCUT2D eigenvalue weighted by atomic mass is 16.6. The minimum atomic E-state index is -0.442. The number of carbonyl (C=O) groups excluding carboxylic acids is 1. The lowest BCUT2D eigenvalue weighted by Gasteiger charge is -2.30. The summed E-state index contributed by atoms with van der Waals surface area (Å²) in [5.74, 6) is 0. The van der Waals surface area contributed by atoms with Crippen LogP contribution in [0.4, 0.5) is 10.5 Å². The topological polar surface area (TPSA) is 59.4 Å². The number of rotatable bonds is 5. The van der Waals surface area contributed by atoms with Gasteiger partial charge in [-0.25, -0.2) is 4.79 Å². The fourth-order valence-corrected chi connectivity index (χ4v) is 3.00. The van der Waals surface area contributed by atoms with Crippen molar-refractivity contribution in [2.24, 2.45) is 0 Å². The Kier molecular flexibility index (Phi) is 5.55. The van der Waals surface area contributed by atoms with E-state index < -0.39 is 5.60 Å². The minimum Gasteiger partial charge on any atom is -0.444 e. The van der Waals surface area contributed by atoms with Gasteiger partial charge in [0.15, 0.2) is 0 Å². The molecule has 2 rings (SSSR count). The summed E-state index contributed by atoms with van der Waals surface area (Å²) >= 11 is 0. The molecular weight excluding hydrogens is 292 g/mol. The predicted molar refractivity (Wildman–Crippen MR) is 91.6 cm³/mol. The number of ether oxygens (including phenoxy) is 1. The maximum atomic E-state index is 12.3. The third kappa shape index (κ3) is 5.15. The molecule has 0 aliphatic carbocycles. The van der Waals surface area contributed by atoms with Crippen LogP contribution in [0.15, 0.2) is 12.4 Å². The Labute approximate surface area is 139 Å². The Morgan fingerprint density at radius 2 is 2.26 bits per heavy atom. The molecule has 6 nitrogen and oxygen atoms in total. The highest BCUT2D eigenvalue weighted by Crippen LogP contribution is 2.25. The number of likely N-dealkylation sites (tertiary alicyclic amines) is 1. The van der Waals surface area contributed by atoms with Crippen molar-refractivity contribution in [1.82, 2.24) is 14.7 Å². The molecule has 130 valence electrons. The van der Waals surface area contributed by atoms with E-state index in [1.165, 1.54) is 0 Å². The highest BCUT2D eigenvalue weighted by molar-refractivity contribution is 5.69. The van der Waals surface area contributed by atoms with Gasteiger partial charge in [0.05, 0.1) is 11.9 Å². The molecule has 1 aromatic heterocycles. The SMILES string of the molecule is CCn1cc(NC(C)CC2CCCN2C(=O)OC(C)(C)C)cn1. The Balaban J connectivity index is 1.88. The largest absolute Gasteiger partial charge is 0.444 e. The molecule has 0 aromatic carbocycles. The van der Waals surface area contributed by atoms with Crippen LogP contribution in [0.1, 0.15) is 53.9 Å². The molecule has 2 unspecified atom stereocenters. The van der Waals surface area contributed by atoms with E-state index in [1.54, 1.807) is 0 Å². The Morgan fingerprint density at radius 3 is 2.87 bits per heavy atom. The predicted octanol–water partition coefficient (Wildman–Crippen LogP) is 3.49. The molecule has 1 N–H and O–H groups in total. The highest BCUT2D eigenvalue weighted by Gasteiger charge is 2.32. The molecule has 1 aliphatic rings. The number of anilines is 1. The van der Waals surface area contributed by atoms with Gasteiger partial charge >= 0.3 is 6.09 Å². The molecule has 0 spiro atoms. The lowest BCUT2D eigenvalue weighted by Crippen LogP contribution is -2.41. The van der Waals surface area contributed by atoms with Crippen molar-refractivity contribution in [2.75, 3.05) is 11.9 Å². The zero-order chi connectivity index (χ0) is 17.0. The van der Waals surface area contributed by atoms with Crippen LogP contribution in [0, 0.1) is 0 Å². The second-order valence-corrected chi connectivity index (χ2v) is 7.34. The van der Waals surface area contributed by atoms with Gasteiger partial charge in [0.2, 0.25) is 0 Å². The second-order valence-electron chi connectivity index (χ2n) is 7.34. The number of hydrogen-bond donors (Lipinski definition) is 1. The van der Waals surface area contributed by atoms with Gasteiger partial charge in [-0.15, -0.1) is 0 Å². The van der Waals surface area contributed by atoms with Crippen molar-refractivity contribution >= 4 is 11.8 Å². The average molecular weight is 322 g/mol. The molecule has 0 saturated carbocycles. The van der Waals surface area contributed by atoms with Crippen molar-refractivity contribution in [3.8, 4) is 0 Å². The number of aryl methyl sites for hydroxylation is 1. The molecule has 2 heterocycles. The normalized spacial score (nSPS) is 19.7. The summed E-state index contributed by atoms with van der Waals surface area (Å²) in [6.07, 6.45) is 6.67. The summed E-state index contributed by atoms with van der Waals surface area (Å²) < 4.78 is 7.42. The third-order valence-corrected chi connectivity index (χ3v) is 4.00. The van der Waals surface area contributed by atoms with Gasteiger partial charge in [-0.2, -0.15) is 5.10 Å². The summed E-state index contributed by atoms with van der Waals surface area (Å²) in [7, 11) is 0. The number of nitrogens with one attached hydrogen (secondary N) is 1. The molecule has 6 heteroatoms. The standard InChI is InChI=1S/C17H30N4O2/c1-6-20-12-14(11-18-20)19-13(2)10-15-8-7-9-21(15)16(22)23-17(3,4)5/h11-13,15,19H,6-10H2,1-5H3. The van der Waals surface area contributed by atoms with Gasteiger partial charge in [-0.3, -0.25) is 4.68 Å². The van der Waals surface area contributed by atoms with E-state index in [0.717, 1.165) is 38.0 Å². The van der Waals surface area contributed by atoms with E-state index in [4.69, 9.17) is 4.74 Å². The molecule has 0 radical (unpaired) electrons. The Morgan fingerprint density at radius 1 is 1.52 bits per heavy atom. The number of carbonyl (C=O) groups is 1. The second kappa shape index (κ2) is 7.23. The van der Waals surface area contributed by atoms with Crippen LogP contribution >= 0.6 is 0 Å². The van der Waals surface area contributed by atoms with Crippen molar-refractivity contribution in [3.05, 3.63) is 12.4 Å². The average Bonchev–Trinajstić information content (AvgIpc) is 3.05. The van der Waals surface area contributed by atoms with Crippen molar-refractivity contribution in [1.29, 1.82) is 0 Å². The van der Waals surface area contributed by atoms with Gasteiger partial charge in [0.1, 0.15) is 5.60 Å².